The maximum atomic E-state index is 12.6. The summed E-state index contributed by atoms with van der Waals surface area (Å²) in [6.07, 6.45) is 2.74. The number of rotatable bonds is 4. The van der Waals surface area contributed by atoms with Crippen LogP contribution in [-0.2, 0) is 10.0 Å². The van der Waals surface area contributed by atoms with E-state index < -0.39 is 15.9 Å². The van der Waals surface area contributed by atoms with Gasteiger partial charge in [-0.25, -0.2) is 4.98 Å². The largest absolute Gasteiger partial charge is 0.358 e. The number of aromatic amines is 1. The second kappa shape index (κ2) is 6.19. The summed E-state index contributed by atoms with van der Waals surface area (Å²) in [6, 6.07) is 5.41. The molecule has 25 heavy (non-hydrogen) atoms. The molecule has 3 aromatic rings. The number of sulfonamides is 1. The third-order valence-corrected chi connectivity index (χ3v) is 6.33. The highest BCUT2D eigenvalue weighted by Gasteiger charge is 2.22. The molecule has 3 N–H and O–H groups in total. The van der Waals surface area contributed by atoms with Crippen LogP contribution in [0.3, 0.4) is 0 Å². The molecular formula is C15H13N5O3S2. The molecule has 0 radical (unpaired) electrons. The lowest BCUT2D eigenvalue weighted by molar-refractivity contribution is 0.0967. The van der Waals surface area contributed by atoms with Crippen LogP contribution in [0.1, 0.15) is 20.8 Å². The molecule has 3 rings (SSSR count). The molecule has 1 aromatic carbocycles. The van der Waals surface area contributed by atoms with Crippen LogP contribution in [0.4, 0.5) is 5.69 Å². The lowest BCUT2D eigenvalue weighted by atomic mass is 10.1. The Bertz CT molecular complexity index is 1120. The van der Waals surface area contributed by atoms with E-state index in [0.29, 0.717) is 22.2 Å². The van der Waals surface area contributed by atoms with Crippen molar-refractivity contribution in [2.75, 3.05) is 11.8 Å². The zero-order valence-electron chi connectivity index (χ0n) is 13.2. The average Bonchev–Trinajstić information content (AvgIpc) is 3.24. The van der Waals surface area contributed by atoms with E-state index in [9.17, 15) is 18.5 Å². The van der Waals surface area contributed by atoms with Crippen LogP contribution < -0.4 is 10.0 Å². The number of fused-ring (bicyclic) bond motifs is 1. The summed E-state index contributed by atoms with van der Waals surface area (Å²) in [5.74, 6) is -0.403. The topological polar surface area (TPSA) is 128 Å². The number of anilines is 1. The molecule has 8 nitrogen and oxygen atoms in total. The minimum atomic E-state index is -3.96. The first-order valence-electron chi connectivity index (χ1n) is 7.09. The van der Waals surface area contributed by atoms with Crippen LogP contribution in [0.25, 0.3) is 10.9 Å². The van der Waals surface area contributed by atoms with Gasteiger partial charge in [-0.2, -0.15) is 13.7 Å². The van der Waals surface area contributed by atoms with E-state index in [4.69, 9.17) is 0 Å². The number of aromatic nitrogens is 2. The Kier molecular flexibility index (Phi) is 4.20. The van der Waals surface area contributed by atoms with E-state index in [-0.39, 0.29) is 9.22 Å². The summed E-state index contributed by atoms with van der Waals surface area (Å²) in [4.78, 5) is 18.5. The van der Waals surface area contributed by atoms with Crippen LogP contribution in [0, 0.1) is 18.3 Å². The van der Waals surface area contributed by atoms with Gasteiger partial charge in [-0.05, 0) is 18.6 Å². The molecule has 128 valence electrons. The fraction of sp³-hybridized carbons (Fsp3) is 0.133. The van der Waals surface area contributed by atoms with Crippen molar-refractivity contribution >= 4 is 43.9 Å². The van der Waals surface area contributed by atoms with Gasteiger partial charge in [0.15, 0.2) is 0 Å². The van der Waals surface area contributed by atoms with Gasteiger partial charge in [0.25, 0.3) is 15.9 Å². The van der Waals surface area contributed by atoms with Crippen LogP contribution >= 0.6 is 11.3 Å². The van der Waals surface area contributed by atoms with Gasteiger partial charge in [-0.15, -0.1) is 0 Å². The average molecular weight is 375 g/mol. The number of hydrogen-bond acceptors (Lipinski definition) is 6. The second-order valence-corrected chi connectivity index (χ2v) is 8.06. The normalized spacial score (nSPS) is 11.2. The molecule has 0 aliphatic carbocycles. The van der Waals surface area contributed by atoms with Gasteiger partial charge < -0.3 is 10.3 Å². The van der Waals surface area contributed by atoms with Crippen molar-refractivity contribution in [2.24, 2.45) is 0 Å². The zero-order valence-corrected chi connectivity index (χ0v) is 14.9. The van der Waals surface area contributed by atoms with Crippen molar-refractivity contribution in [3.8, 4) is 6.07 Å². The fourth-order valence-corrected chi connectivity index (χ4v) is 4.56. The molecule has 10 heteroatoms. The number of nitrogens with one attached hydrogen (secondary N) is 3. The van der Waals surface area contributed by atoms with Crippen molar-refractivity contribution in [1.82, 2.24) is 15.3 Å². The minimum Gasteiger partial charge on any atom is -0.358 e. The number of carbonyl (C=O) groups excluding carboxylic acids is 1. The highest BCUT2D eigenvalue weighted by atomic mass is 32.2. The molecule has 0 aliphatic rings. The summed E-state index contributed by atoms with van der Waals surface area (Å²) < 4.78 is 27.4. The van der Waals surface area contributed by atoms with E-state index in [1.807, 2.05) is 6.92 Å². The Hall–Kier alpha value is -2.90. The molecule has 0 spiro atoms. The molecular weight excluding hydrogens is 362 g/mol. The quantitative estimate of drug-likeness (QED) is 0.642. The van der Waals surface area contributed by atoms with Crippen molar-refractivity contribution in [2.45, 2.75) is 11.3 Å². The Labute approximate surface area is 147 Å². The monoisotopic (exact) mass is 375 g/mol. The number of aryl methyl sites for hydroxylation is 1. The summed E-state index contributed by atoms with van der Waals surface area (Å²) in [6.45, 7) is 1.84. The highest BCUT2D eigenvalue weighted by Crippen LogP contribution is 2.30. The van der Waals surface area contributed by atoms with Gasteiger partial charge in [0.05, 0.1) is 23.0 Å². The van der Waals surface area contributed by atoms with Crippen LogP contribution in [-0.4, -0.2) is 31.3 Å². The predicted molar refractivity (Wildman–Crippen MR) is 94.1 cm³/mol. The maximum Gasteiger partial charge on any atom is 0.289 e. The van der Waals surface area contributed by atoms with E-state index in [1.54, 1.807) is 12.1 Å². The van der Waals surface area contributed by atoms with Gasteiger partial charge in [0, 0.05) is 18.6 Å². The number of amides is 1. The molecule has 1 amide bonds. The van der Waals surface area contributed by atoms with Crippen molar-refractivity contribution in [3.63, 3.8) is 0 Å². The Morgan fingerprint density at radius 1 is 1.40 bits per heavy atom. The predicted octanol–water partition coefficient (Wildman–Crippen LogP) is 1.96. The number of benzene rings is 1. The van der Waals surface area contributed by atoms with Crippen molar-refractivity contribution in [3.05, 3.63) is 40.5 Å². The molecule has 0 bridgehead atoms. The first-order chi connectivity index (χ1) is 11.9. The summed E-state index contributed by atoms with van der Waals surface area (Å²) in [5.41, 5.74) is 2.11. The highest BCUT2D eigenvalue weighted by molar-refractivity contribution is 7.94. The molecule has 0 saturated carbocycles. The van der Waals surface area contributed by atoms with Gasteiger partial charge in [-0.3, -0.25) is 9.52 Å². The van der Waals surface area contributed by atoms with Gasteiger partial charge in [0.1, 0.15) is 10.9 Å². The smallest absolute Gasteiger partial charge is 0.289 e. The molecule has 0 fully saturated rings. The SMILES string of the molecule is CNC(=O)c1cnc(S(=O)(=O)Nc2ccc(C)c3c(C#N)c[nH]c23)s1. The van der Waals surface area contributed by atoms with E-state index in [0.717, 1.165) is 16.9 Å². The molecule has 0 atom stereocenters. The summed E-state index contributed by atoms with van der Waals surface area (Å²) in [7, 11) is -2.51. The zero-order chi connectivity index (χ0) is 18.2. The number of H-pyrrole nitrogens is 1. The summed E-state index contributed by atoms with van der Waals surface area (Å²) >= 11 is 0.774. The third-order valence-electron chi connectivity index (χ3n) is 3.57. The maximum absolute atomic E-state index is 12.6. The van der Waals surface area contributed by atoms with Crippen molar-refractivity contribution < 1.29 is 13.2 Å². The molecule has 2 aromatic heterocycles. The number of nitrogens with zero attached hydrogens (tertiary/aromatic N) is 2. The van der Waals surface area contributed by atoms with E-state index >= 15 is 0 Å². The molecule has 0 unspecified atom stereocenters. The molecule has 2 heterocycles. The van der Waals surface area contributed by atoms with Crippen LogP contribution in [0.15, 0.2) is 28.9 Å². The Morgan fingerprint density at radius 2 is 2.16 bits per heavy atom. The number of carbonyl (C=O) groups is 1. The first kappa shape index (κ1) is 16.9. The Morgan fingerprint density at radius 3 is 2.84 bits per heavy atom. The molecule has 0 saturated heterocycles. The fourth-order valence-electron chi connectivity index (χ4n) is 2.39. The summed E-state index contributed by atoms with van der Waals surface area (Å²) in [5, 5.41) is 12.2. The number of hydrogen-bond donors (Lipinski definition) is 3. The van der Waals surface area contributed by atoms with Crippen LogP contribution in [0.2, 0.25) is 0 Å². The molecule has 0 aliphatic heterocycles. The Balaban J connectivity index is 2.02. The standard InChI is InChI=1S/C15H13N5O3S2/c1-8-3-4-10(13-12(8)9(5-16)6-18-13)20-25(22,23)15-19-7-11(24-15)14(21)17-2/h3-4,6-7,18,20H,1-2H3,(H,17,21). The van der Waals surface area contributed by atoms with Gasteiger partial charge >= 0.3 is 0 Å². The first-order valence-corrected chi connectivity index (χ1v) is 9.39. The van der Waals surface area contributed by atoms with Crippen molar-refractivity contribution in [1.29, 1.82) is 5.26 Å². The van der Waals surface area contributed by atoms with E-state index in [2.05, 4.69) is 26.1 Å². The third kappa shape index (κ3) is 2.95. The van der Waals surface area contributed by atoms with Gasteiger partial charge in [-0.1, -0.05) is 17.4 Å². The van der Waals surface area contributed by atoms with Crippen LogP contribution in [0.5, 0.6) is 0 Å². The van der Waals surface area contributed by atoms with Gasteiger partial charge in [0.2, 0.25) is 4.34 Å². The number of thiazole rings is 1. The number of nitriles is 1. The minimum absolute atomic E-state index is 0.198. The lowest BCUT2D eigenvalue weighted by Gasteiger charge is -2.08. The lowest BCUT2D eigenvalue weighted by Crippen LogP contribution is -2.16. The second-order valence-electron chi connectivity index (χ2n) is 5.17. The van der Waals surface area contributed by atoms with E-state index in [1.165, 1.54) is 19.4 Å².